The number of carbonyl (C=O) groups is 1. The summed E-state index contributed by atoms with van der Waals surface area (Å²) in [7, 11) is 0. The zero-order valence-corrected chi connectivity index (χ0v) is 15.8. The number of anilines is 1. The van der Waals surface area contributed by atoms with Crippen LogP contribution in [-0.2, 0) is 0 Å². The molecule has 27 heavy (non-hydrogen) atoms. The second-order valence-electron chi connectivity index (χ2n) is 7.41. The van der Waals surface area contributed by atoms with Crippen LogP contribution in [0.25, 0.3) is 0 Å². The Morgan fingerprint density at radius 3 is 2.59 bits per heavy atom. The first kappa shape index (κ1) is 18.0. The Hall–Kier alpha value is -2.34. The molecular formula is C21H28N4O2. The maximum Gasteiger partial charge on any atom is 0.255 e. The van der Waals surface area contributed by atoms with Gasteiger partial charge in [0.2, 0.25) is 0 Å². The Kier molecular flexibility index (Phi) is 5.72. The lowest BCUT2D eigenvalue weighted by Gasteiger charge is -2.33. The van der Waals surface area contributed by atoms with Crippen LogP contribution < -0.4 is 10.2 Å². The van der Waals surface area contributed by atoms with Gasteiger partial charge in [-0.3, -0.25) is 9.69 Å². The summed E-state index contributed by atoms with van der Waals surface area (Å²) >= 11 is 0. The van der Waals surface area contributed by atoms with Crippen LogP contribution in [0.1, 0.15) is 54.3 Å². The first-order valence-electron chi connectivity index (χ1n) is 10.1. The maximum atomic E-state index is 13.0. The average molecular weight is 368 g/mol. The molecular weight excluding hydrogens is 340 g/mol. The molecule has 0 saturated carbocycles. The van der Waals surface area contributed by atoms with Crippen molar-refractivity contribution in [3.8, 4) is 0 Å². The molecule has 0 spiro atoms. The molecule has 1 N–H and O–H groups in total. The fourth-order valence-corrected chi connectivity index (χ4v) is 4.16. The number of amides is 1. The summed E-state index contributed by atoms with van der Waals surface area (Å²) in [5.74, 6) is 1.67. The number of piperidine rings is 1. The number of nitrogens with zero attached hydrogens (tertiary/aromatic N) is 3. The molecule has 0 aliphatic carbocycles. The molecule has 2 aromatic rings. The molecule has 6 heteroatoms. The molecule has 0 bridgehead atoms. The van der Waals surface area contributed by atoms with E-state index in [1.807, 2.05) is 24.3 Å². The standard InChI is InChI=1S/C21H28N4O2/c26-21(17-8-6-10-22-20(17)25-13-4-5-14-25)23-16-18(19-9-7-15-27-19)24-11-2-1-3-12-24/h6-10,15,18H,1-5,11-14,16H2,(H,23,26). The van der Waals surface area contributed by atoms with Gasteiger partial charge in [0.25, 0.3) is 5.91 Å². The highest BCUT2D eigenvalue weighted by molar-refractivity contribution is 5.98. The third-order valence-corrected chi connectivity index (χ3v) is 5.60. The van der Waals surface area contributed by atoms with Crippen molar-refractivity contribution in [1.82, 2.24) is 15.2 Å². The van der Waals surface area contributed by atoms with E-state index in [2.05, 4.69) is 20.1 Å². The minimum atomic E-state index is -0.0569. The van der Waals surface area contributed by atoms with E-state index < -0.39 is 0 Å². The minimum absolute atomic E-state index is 0.0569. The van der Waals surface area contributed by atoms with Gasteiger partial charge in [-0.25, -0.2) is 4.98 Å². The van der Waals surface area contributed by atoms with Crippen LogP contribution in [0.2, 0.25) is 0 Å². The van der Waals surface area contributed by atoms with Crippen molar-refractivity contribution in [2.45, 2.75) is 38.1 Å². The van der Waals surface area contributed by atoms with Crippen LogP contribution in [-0.4, -0.2) is 48.5 Å². The number of aromatic nitrogens is 1. The molecule has 6 nitrogen and oxygen atoms in total. The molecule has 2 aromatic heterocycles. The van der Waals surface area contributed by atoms with Gasteiger partial charge in [-0.2, -0.15) is 0 Å². The molecule has 4 rings (SSSR count). The predicted octanol–water partition coefficient (Wildman–Crippen LogP) is 3.23. The molecule has 2 aliphatic rings. The smallest absolute Gasteiger partial charge is 0.255 e. The highest BCUT2D eigenvalue weighted by Crippen LogP contribution is 2.25. The van der Waals surface area contributed by atoms with Crippen LogP contribution in [0.5, 0.6) is 0 Å². The summed E-state index contributed by atoms with van der Waals surface area (Å²) in [6.07, 6.45) is 9.48. The lowest BCUT2D eigenvalue weighted by atomic mass is 10.1. The van der Waals surface area contributed by atoms with Gasteiger partial charge >= 0.3 is 0 Å². The zero-order chi connectivity index (χ0) is 18.5. The molecule has 1 atom stereocenters. The molecule has 0 radical (unpaired) electrons. The van der Waals surface area contributed by atoms with Gasteiger partial charge in [0.1, 0.15) is 11.6 Å². The van der Waals surface area contributed by atoms with E-state index in [1.165, 1.54) is 19.3 Å². The molecule has 144 valence electrons. The van der Waals surface area contributed by atoms with Crippen molar-refractivity contribution in [2.75, 3.05) is 37.6 Å². The first-order valence-corrected chi connectivity index (χ1v) is 10.1. The van der Waals surface area contributed by atoms with Crippen LogP contribution in [0, 0.1) is 0 Å². The van der Waals surface area contributed by atoms with E-state index in [-0.39, 0.29) is 11.9 Å². The predicted molar refractivity (Wildman–Crippen MR) is 105 cm³/mol. The topological polar surface area (TPSA) is 61.6 Å². The Balaban J connectivity index is 1.47. The van der Waals surface area contributed by atoms with E-state index in [0.29, 0.717) is 12.1 Å². The Bertz CT molecular complexity index is 734. The lowest BCUT2D eigenvalue weighted by Crippen LogP contribution is -2.40. The van der Waals surface area contributed by atoms with E-state index in [4.69, 9.17) is 4.42 Å². The van der Waals surface area contributed by atoms with E-state index >= 15 is 0 Å². The van der Waals surface area contributed by atoms with Crippen molar-refractivity contribution in [3.05, 3.63) is 48.0 Å². The van der Waals surface area contributed by atoms with E-state index in [9.17, 15) is 4.79 Å². The van der Waals surface area contributed by atoms with Gasteiger partial charge in [0, 0.05) is 25.8 Å². The monoisotopic (exact) mass is 368 g/mol. The van der Waals surface area contributed by atoms with Crippen molar-refractivity contribution in [2.24, 2.45) is 0 Å². The normalized spacial score (nSPS) is 19.2. The minimum Gasteiger partial charge on any atom is -0.468 e. The average Bonchev–Trinajstić information content (AvgIpc) is 3.43. The molecule has 1 amide bonds. The summed E-state index contributed by atoms with van der Waals surface area (Å²) in [4.78, 5) is 22.1. The number of likely N-dealkylation sites (tertiary alicyclic amines) is 1. The maximum absolute atomic E-state index is 13.0. The summed E-state index contributed by atoms with van der Waals surface area (Å²) in [6.45, 7) is 4.58. The summed E-state index contributed by atoms with van der Waals surface area (Å²) in [6, 6.07) is 7.71. The Morgan fingerprint density at radius 2 is 1.85 bits per heavy atom. The number of furan rings is 1. The number of pyridine rings is 1. The largest absolute Gasteiger partial charge is 0.468 e. The van der Waals surface area contributed by atoms with Crippen LogP contribution in [0.15, 0.2) is 41.1 Å². The van der Waals surface area contributed by atoms with Crippen molar-refractivity contribution < 1.29 is 9.21 Å². The summed E-state index contributed by atoms with van der Waals surface area (Å²) in [5.41, 5.74) is 0.663. The third kappa shape index (κ3) is 4.16. The second-order valence-corrected chi connectivity index (χ2v) is 7.41. The SMILES string of the molecule is O=C(NCC(c1ccco1)N1CCCCC1)c1cccnc1N1CCCC1. The van der Waals surface area contributed by atoms with Crippen molar-refractivity contribution in [1.29, 1.82) is 0 Å². The number of hydrogen-bond donors (Lipinski definition) is 1. The molecule has 0 aromatic carbocycles. The molecule has 1 unspecified atom stereocenters. The first-order chi connectivity index (χ1) is 13.3. The molecule has 2 aliphatic heterocycles. The Labute approximate surface area is 160 Å². The molecule has 2 saturated heterocycles. The van der Waals surface area contributed by atoms with Gasteiger partial charge in [0.15, 0.2) is 0 Å². The van der Waals surface area contributed by atoms with Gasteiger partial charge in [0.05, 0.1) is 17.9 Å². The number of rotatable bonds is 6. The molecule has 2 fully saturated rings. The van der Waals surface area contributed by atoms with Crippen LogP contribution >= 0.6 is 0 Å². The number of nitrogens with one attached hydrogen (secondary N) is 1. The van der Waals surface area contributed by atoms with Crippen LogP contribution in [0.4, 0.5) is 5.82 Å². The summed E-state index contributed by atoms with van der Waals surface area (Å²) in [5, 5.41) is 3.14. The van der Waals surface area contributed by atoms with E-state index in [0.717, 1.165) is 50.6 Å². The van der Waals surface area contributed by atoms with E-state index in [1.54, 1.807) is 12.5 Å². The number of carbonyl (C=O) groups excluding carboxylic acids is 1. The van der Waals surface area contributed by atoms with Gasteiger partial charge in [-0.1, -0.05) is 6.42 Å². The van der Waals surface area contributed by atoms with Crippen molar-refractivity contribution in [3.63, 3.8) is 0 Å². The van der Waals surface area contributed by atoms with Gasteiger partial charge < -0.3 is 14.6 Å². The Morgan fingerprint density at radius 1 is 1.07 bits per heavy atom. The molecule has 4 heterocycles. The quantitative estimate of drug-likeness (QED) is 0.848. The fraction of sp³-hybridized carbons (Fsp3) is 0.524. The highest BCUT2D eigenvalue weighted by atomic mass is 16.3. The number of hydrogen-bond acceptors (Lipinski definition) is 5. The fourth-order valence-electron chi connectivity index (χ4n) is 4.16. The van der Waals surface area contributed by atoms with Gasteiger partial charge in [-0.15, -0.1) is 0 Å². The van der Waals surface area contributed by atoms with Gasteiger partial charge in [-0.05, 0) is 63.0 Å². The zero-order valence-electron chi connectivity index (χ0n) is 15.8. The lowest BCUT2D eigenvalue weighted by molar-refractivity contribution is 0.0914. The van der Waals surface area contributed by atoms with Crippen molar-refractivity contribution >= 4 is 11.7 Å². The highest BCUT2D eigenvalue weighted by Gasteiger charge is 2.26. The summed E-state index contributed by atoms with van der Waals surface area (Å²) < 4.78 is 5.68. The van der Waals surface area contributed by atoms with Crippen LogP contribution in [0.3, 0.4) is 0 Å². The third-order valence-electron chi connectivity index (χ3n) is 5.60. The second kappa shape index (κ2) is 8.57.